The molecule has 2 nitrogen and oxygen atoms in total. The van der Waals surface area contributed by atoms with Gasteiger partial charge in [-0.1, -0.05) is 30.3 Å². The summed E-state index contributed by atoms with van der Waals surface area (Å²) in [5.41, 5.74) is 1.22. The fourth-order valence-corrected chi connectivity index (χ4v) is 3.33. The fraction of sp³-hybridized carbons (Fsp3) is 0.571. The van der Waals surface area contributed by atoms with Gasteiger partial charge in [0.2, 0.25) is 0 Å². The molecule has 18 heavy (non-hydrogen) atoms. The predicted molar refractivity (Wildman–Crippen MR) is 82.9 cm³/mol. The van der Waals surface area contributed by atoms with Crippen molar-refractivity contribution in [3.05, 3.63) is 35.9 Å². The molecule has 0 aromatic heterocycles. The van der Waals surface area contributed by atoms with E-state index in [4.69, 9.17) is 8.85 Å². The zero-order chi connectivity index (χ0) is 13.8. The van der Waals surface area contributed by atoms with E-state index in [1.165, 1.54) is 5.56 Å². The Balaban J connectivity index is 2.76. The van der Waals surface area contributed by atoms with Crippen LogP contribution in [0.3, 0.4) is 0 Å². The van der Waals surface area contributed by atoms with E-state index in [0.29, 0.717) is 6.61 Å². The van der Waals surface area contributed by atoms with Crippen LogP contribution in [0.25, 0.3) is 0 Å². The average molecular weight is 283 g/mol. The molecule has 0 aliphatic rings. The Kier molecular flexibility index (Phi) is 5.34. The van der Waals surface area contributed by atoms with Crippen LogP contribution in [0.1, 0.15) is 11.7 Å². The molecule has 1 aromatic rings. The number of rotatable bonds is 6. The number of hydrogen-bond donors (Lipinski definition) is 0. The van der Waals surface area contributed by atoms with Crippen LogP contribution in [-0.2, 0) is 8.85 Å². The predicted octanol–water partition coefficient (Wildman–Crippen LogP) is 4.43. The Labute approximate surface area is 114 Å². The van der Waals surface area contributed by atoms with Crippen LogP contribution in [0.15, 0.2) is 30.3 Å². The minimum Gasteiger partial charge on any atom is -0.415 e. The van der Waals surface area contributed by atoms with Crippen molar-refractivity contribution in [2.24, 2.45) is 0 Å². The smallest absolute Gasteiger partial charge is 0.184 e. The van der Waals surface area contributed by atoms with E-state index in [-0.39, 0.29) is 6.10 Å². The first kappa shape index (κ1) is 15.6. The minimum absolute atomic E-state index is 0.0737. The quantitative estimate of drug-likeness (QED) is 0.719. The second kappa shape index (κ2) is 6.15. The lowest BCUT2D eigenvalue weighted by molar-refractivity contribution is 0.120. The van der Waals surface area contributed by atoms with Gasteiger partial charge in [-0.15, -0.1) is 0 Å². The summed E-state index contributed by atoms with van der Waals surface area (Å²) in [6.07, 6.45) is 0.0737. The van der Waals surface area contributed by atoms with Crippen molar-refractivity contribution in [2.45, 2.75) is 45.4 Å². The van der Waals surface area contributed by atoms with Crippen molar-refractivity contribution >= 4 is 16.6 Å². The third-order valence-electron chi connectivity index (χ3n) is 2.33. The van der Waals surface area contributed by atoms with Gasteiger partial charge in [-0.2, -0.15) is 0 Å². The van der Waals surface area contributed by atoms with Crippen LogP contribution in [0.5, 0.6) is 0 Å². The molecule has 1 rings (SSSR count). The van der Waals surface area contributed by atoms with Gasteiger partial charge in [0.25, 0.3) is 0 Å². The molecule has 0 bridgehead atoms. The Bertz CT molecular complexity index is 352. The summed E-state index contributed by atoms with van der Waals surface area (Å²) >= 11 is 0. The van der Waals surface area contributed by atoms with Gasteiger partial charge in [0.1, 0.15) is 0 Å². The zero-order valence-corrected chi connectivity index (χ0v) is 14.5. The monoisotopic (exact) mass is 282 g/mol. The van der Waals surface area contributed by atoms with E-state index >= 15 is 0 Å². The molecule has 0 saturated heterocycles. The second-order valence-corrected chi connectivity index (χ2v) is 15.5. The summed E-state index contributed by atoms with van der Waals surface area (Å²) in [6, 6.07) is 10.4. The largest absolute Gasteiger partial charge is 0.415 e. The van der Waals surface area contributed by atoms with E-state index in [0.717, 1.165) is 0 Å². The third kappa shape index (κ3) is 6.49. The maximum Gasteiger partial charge on any atom is 0.184 e. The summed E-state index contributed by atoms with van der Waals surface area (Å²) in [6.45, 7) is 14.0. The van der Waals surface area contributed by atoms with E-state index in [1.54, 1.807) is 0 Å². The standard InChI is InChI=1S/C14H26O2Si2/c1-17(2,3)15-12-14(16-18(4,5)6)13-10-8-7-9-11-13/h7-11,14H,12H2,1-6H3. The highest BCUT2D eigenvalue weighted by molar-refractivity contribution is 6.70. The molecule has 102 valence electrons. The zero-order valence-electron chi connectivity index (χ0n) is 12.5. The van der Waals surface area contributed by atoms with Gasteiger partial charge in [-0.25, -0.2) is 0 Å². The van der Waals surface area contributed by atoms with Crippen molar-refractivity contribution in [1.29, 1.82) is 0 Å². The second-order valence-electron chi connectivity index (χ2n) is 6.55. The molecule has 0 aliphatic heterocycles. The molecule has 0 radical (unpaired) electrons. The Morgan fingerprint density at radius 3 is 1.89 bits per heavy atom. The lowest BCUT2D eigenvalue weighted by atomic mass is 10.1. The third-order valence-corrected chi connectivity index (χ3v) is 4.36. The van der Waals surface area contributed by atoms with Crippen molar-refractivity contribution in [1.82, 2.24) is 0 Å². The minimum atomic E-state index is -1.56. The van der Waals surface area contributed by atoms with Gasteiger partial charge < -0.3 is 8.85 Å². The molecule has 0 aliphatic carbocycles. The molecule has 0 saturated carbocycles. The normalized spacial score (nSPS) is 14.6. The SMILES string of the molecule is C[Si](C)(C)OCC(O[Si](C)(C)C)c1ccccc1. The van der Waals surface area contributed by atoms with Gasteiger partial charge in [0.15, 0.2) is 16.6 Å². The Morgan fingerprint density at radius 2 is 1.44 bits per heavy atom. The van der Waals surface area contributed by atoms with Gasteiger partial charge in [0, 0.05) is 0 Å². The lowest BCUT2D eigenvalue weighted by Gasteiger charge is -2.29. The van der Waals surface area contributed by atoms with Crippen LogP contribution < -0.4 is 0 Å². The van der Waals surface area contributed by atoms with Gasteiger partial charge >= 0.3 is 0 Å². The summed E-state index contributed by atoms with van der Waals surface area (Å²) in [4.78, 5) is 0. The highest BCUT2D eigenvalue weighted by Crippen LogP contribution is 2.23. The Hall–Kier alpha value is -0.426. The van der Waals surface area contributed by atoms with Crippen molar-refractivity contribution < 1.29 is 8.85 Å². The van der Waals surface area contributed by atoms with Crippen LogP contribution >= 0.6 is 0 Å². The highest BCUT2D eigenvalue weighted by Gasteiger charge is 2.24. The highest BCUT2D eigenvalue weighted by atomic mass is 28.4. The number of benzene rings is 1. The Morgan fingerprint density at radius 1 is 0.889 bits per heavy atom. The molecular weight excluding hydrogens is 256 g/mol. The first-order valence-electron chi connectivity index (χ1n) is 6.54. The summed E-state index contributed by atoms with van der Waals surface area (Å²) in [5, 5.41) is 0. The van der Waals surface area contributed by atoms with E-state index in [1.807, 2.05) is 6.07 Å². The first-order valence-corrected chi connectivity index (χ1v) is 13.4. The molecule has 0 N–H and O–H groups in total. The molecule has 1 atom stereocenters. The summed E-state index contributed by atoms with van der Waals surface area (Å²) in [5.74, 6) is 0. The summed E-state index contributed by atoms with van der Waals surface area (Å²) < 4.78 is 12.3. The average Bonchev–Trinajstić information content (AvgIpc) is 2.23. The van der Waals surface area contributed by atoms with Crippen LogP contribution in [0.4, 0.5) is 0 Å². The topological polar surface area (TPSA) is 18.5 Å². The number of hydrogen-bond acceptors (Lipinski definition) is 2. The maximum absolute atomic E-state index is 6.26. The molecule has 0 spiro atoms. The van der Waals surface area contributed by atoms with E-state index < -0.39 is 16.6 Å². The van der Waals surface area contributed by atoms with Crippen molar-refractivity contribution in [2.75, 3.05) is 6.61 Å². The molecule has 1 aromatic carbocycles. The molecule has 0 heterocycles. The first-order chi connectivity index (χ1) is 8.17. The molecule has 0 fully saturated rings. The molecule has 4 heteroatoms. The summed E-state index contributed by atoms with van der Waals surface area (Å²) in [7, 11) is -3.06. The van der Waals surface area contributed by atoms with Gasteiger partial charge in [0.05, 0.1) is 12.7 Å². The van der Waals surface area contributed by atoms with Crippen LogP contribution in [-0.4, -0.2) is 23.2 Å². The van der Waals surface area contributed by atoms with Crippen LogP contribution in [0, 0.1) is 0 Å². The lowest BCUT2D eigenvalue weighted by Crippen LogP contribution is -2.33. The van der Waals surface area contributed by atoms with Crippen molar-refractivity contribution in [3.63, 3.8) is 0 Å². The van der Waals surface area contributed by atoms with Crippen LogP contribution in [0.2, 0.25) is 39.3 Å². The molecule has 1 unspecified atom stereocenters. The fourth-order valence-electron chi connectivity index (χ4n) is 1.62. The van der Waals surface area contributed by atoms with Gasteiger partial charge in [-0.3, -0.25) is 0 Å². The maximum atomic E-state index is 6.26. The molecular formula is C14H26O2Si2. The van der Waals surface area contributed by atoms with Gasteiger partial charge in [-0.05, 0) is 44.8 Å². The van der Waals surface area contributed by atoms with E-state index in [2.05, 4.69) is 63.5 Å². The van der Waals surface area contributed by atoms with E-state index in [9.17, 15) is 0 Å². The molecule has 0 amide bonds. The van der Waals surface area contributed by atoms with Crippen molar-refractivity contribution in [3.8, 4) is 0 Å².